The van der Waals surface area contributed by atoms with Crippen LogP contribution in [-0.2, 0) is 11.2 Å². The van der Waals surface area contributed by atoms with Gasteiger partial charge in [0.25, 0.3) is 0 Å². The Morgan fingerprint density at radius 3 is 2.78 bits per heavy atom. The van der Waals surface area contributed by atoms with Gasteiger partial charge in [-0.1, -0.05) is 23.7 Å². The number of nitrogens with two attached hydrogens (primary N) is 1. The van der Waals surface area contributed by atoms with Gasteiger partial charge < -0.3 is 4.74 Å². The SMILES string of the molecule is Cc1ccc(CC(NN)C2CCOCC2)c(Cl)c1. The van der Waals surface area contributed by atoms with Gasteiger partial charge >= 0.3 is 0 Å². The molecule has 0 saturated carbocycles. The topological polar surface area (TPSA) is 47.3 Å². The van der Waals surface area contributed by atoms with E-state index < -0.39 is 0 Å². The van der Waals surface area contributed by atoms with Gasteiger partial charge in [-0.15, -0.1) is 0 Å². The molecule has 1 saturated heterocycles. The Balaban J connectivity index is 2.04. The van der Waals surface area contributed by atoms with E-state index in [1.165, 1.54) is 5.56 Å². The lowest BCUT2D eigenvalue weighted by atomic mass is 9.88. The van der Waals surface area contributed by atoms with Crippen LogP contribution in [0.15, 0.2) is 18.2 Å². The fourth-order valence-corrected chi connectivity index (χ4v) is 2.85. The van der Waals surface area contributed by atoms with Gasteiger partial charge in [0, 0.05) is 24.3 Å². The molecule has 1 heterocycles. The summed E-state index contributed by atoms with van der Waals surface area (Å²) in [5, 5.41) is 0.835. The third-order valence-corrected chi connectivity index (χ3v) is 4.05. The van der Waals surface area contributed by atoms with Gasteiger partial charge in [-0.05, 0) is 49.3 Å². The van der Waals surface area contributed by atoms with Crippen molar-refractivity contribution in [1.82, 2.24) is 5.43 Å². The molecule has 3 nitrogen and oxygen atoms in total. The number of hydrogen-bond donors (Lipinski definition) is 2. The zero-order valence-electron chi connectivity index (χ0n) is 10.8. The summed E-state index contributed by atoms with van der Waals surface area (Å²) in [5.74, 6) is 6.27. The van der Waals surface area contributed by atoms with Crippen LogP contribution in [0.3, 0.4) is 0 Å². The minimum absolute atomic E-state index is 0.272. The van der Waals surface area contributed by atoms with Crippen molar-refractivity contribution < 1.29 is 4.74 Å². The van der Waals surface area contributed by atoms with E-state index in [0.29, 0.717) is 5.92 Å². The van der Waals surface area contributed by atoms with Crippen LogP contribution in [0, 0.1) is 12.8 Å². The molecular weight excluding hydrogens is 248 g/mol. The Morgan fingerprint density at radius 1 is 1.44 bits per heavy atom. The highest BCUT2D eigenvalue weighted by atomic mass is 35.5. The maximum Gasteiger partial charge on any atom is 0.0469 e. The van der Waals surface area contributed by atoms with Gasteiger partial charge in [0.2, 0.25) is 0 Å². The summed E-state index contributed by atoms with van der Waals surface area (Å²) in [5.41, 5.74) is 5.30. The van der Waals surface area contributed by atoms with E-state index in [2.05, 4.69) is 17.6 Å². The van der Waals surface area contributed by atoms with E-state index in [1.54, 1.807) is 0 Å². The molecule has 18 heavy (non-hydrogen) atoms. The molecule has 2 rings (SSSR count). The number of benzene rings is 1. The number of halogens is 1. The average molecular weight is 269 g/mol. The van der Waals surface area contributed by atoms with Gasteiger partial charge in [0.1, 0.15) is 0 Å². The fourth-order valence-electron chi connectivity index (χ4n) is 2.53. The van der Waals surface area contributed by atoms with Crippen LogP contribution >= 0.6 is 11.6 Å². The second-order valence-electron chi connectivity index (χ2n) is 5.02. The van der Waals surface area contributed by atoms with Crippen LogP contribution in [0.1, 0.15) is 24.0 Å². The summed E-state index contributed by atoms with van der Waals surface area (Å²) in [4.78, 5) is 0. The monoisotopic (exact) mass is 268 g/mol. The highest BCUT2D eigenvalue weighted by Gasteiger charge is 2.23. The van der Waals surface area contributed by atoms with E-state index in [-0.39, 0.29) is 6.04 Å². The third-order valence-electron chi connectivity index (χ3n) is 3.70. The summed E-state index contributed by atoms with van der Waals surface area (Å²) in [6, 6.07) is 6.48. The quantitative estimate of drug-likeness (QED) is 0.651. The minimum Gasteiger partial charge on any atom is -0.381 e. The second kappa shape index (κ2) is 6.53. The smallest absolute Gasteiger partial charge is 0.0469 e. The summed E-state index contributed by atoms with van der Waals surface area (Å²) < 4.78 is 5.39. The Bertz CT molecular complexity index is 391. The number of hydrogen-bond acceptors (Lipinski definition) is 3. The molecule has 1 aliphatic rings. The predicted octanol–water partition coefficient (Wildman–Crippen LogP) is 2.45. The van der Waals surface area contributed by atoms with Gasteiger partial charge in [-0.25, -0.2) is 0 Å². The van der Waals surface area contributed by atoms with Crippen LogP contribution in [0.2, 0.25) is 5.02 Å². The summed E-state index contributed by atoms with van der Waals surface area (Å²) in [7, 11) is 0. The molecule has 1 unspecified atom stereocenters. The molecule has 1 fully saturated rings. The maximum atomic E-state index is 6.28. The van der Waals surface area contributed by atoms with Crippen LogP contribution in [0.25, 0.3) is 0 Å². The molecule has 4 heteroatoms. The highest BCUT2D eigenvalue weighted by Crippen LogP contribution is 2.24. The van der Waals surface area contributed by atoms with E-state index in [9.17, 15) is 0 Å². The first-order valence-corrected chi connectivity index (χ1v) is 6.87. The summed E-state index contributed by atoms with van der Waals surface area (Å²) >= 11 is 6.28. The molecule has 1 aromatic rings. The molecule has 0 aliphatic carbocycles. The lowest BCUT2D eigenvalue weighted by Crippen LogP contribution is -2.44. The first-order valence-electron chi connectivity index (χ1n) is 6.49. The van der Waals surface area contributed by atoms with E-state index in [0.717, 1.165) is 43.1 Å². The Hall–Kier alpha value is -0.610. The average Bonchev–Trinajstić information content (AvgIpc) is 2.39. The van der Waals surface area contributed by atoms with Crippen LogP contribution in [0.5, 0.6) is 0 Å². The first kappa shape index (κ1) is 13.8. The van der Waals surface area contributed by atoms with Gasteiger partial charge in [0.15, 0.2) is 0 Å². The largest absolute Gasteiger partial charge is 0.381 e. The summed E-state index contributed by atoms with van der Waals surface area (Å²) in [6.45, 7) is 3.72. The third kappa shape index (κ3) is 3.45. The maximum absolute atomic E-state index is 6.28. The van der Waals surface area contributed by atoms with E-state index >= 15 is 0 Å². The Labute approximate surface area is 114 Å². The second-order valence-corrected chi connectivity index (χ2v) is 5.43. The normalized spacial score (nSPS) is 18.8. The number of nitrogens with one attached hydrogen (secondary N) is 1. The van der Waals surface area contributed by atoms with E-state index in [1.807, 2.05) is 13.0 Å². The fraction of sp³-hybridized carbons (Fsp3) is 0.571. The van der Waals surface area contributed by atoms with Crippen LogP contribution in [0.4, 0.5) is 0 Å². The molecular formula is C14H21ClN2O. The van der Waals surface area contributed by atoms with Crippen molar-refractivity contribution in [2.45, 2.75) is 32.2 Å². The molecule has 1 atom stereocenters. The lowest BCUT2D eigenvalue weighted by Gasteiger charge is -2.30. The first-order chi connectivity index (χ1) is 8.70. The zero-order chi connectivity index (χ0) is 13.0. The minimum atomic E-state index is 0.272. The predicted molar refractivity (Wildman–Crippen MR) is 74.5 cm³/mol. The van der Waals surface area contributed by atoms with Crippen molar-refractivity contribution in [3.63, 3.8) is 0 Å². The van der Waals surface area contributed by atoms with Gasteiger partial charge in [0.05, 0.1) is 0 Å². The molecule has 0 bridgehead atoms. The zero-order valence-corrected chi connectivity index (χ0v) is 11.5. The number of aryl methyl sites for hydroxylation is 1. The molecule has 0 radical (unpaired) electrons. The molecule has 3 N–H and O–H groups in total. The van der Waals surface area contributed by atoms with Crippen molar-refractivity contribution >= 4 is 11.6 Å². The van der Waals surface area contributed by atoms with Gasteiger partial charge in [-0.3, -0.25) is 11.3 Å². The molecule has 0 spiro atoms. The summed E-state index contributed by atoms with van der Waals surface area (Å²) in [6.07, 6.45) is 3.01. The van der Waals surface area contributed by atoms with Crippen molar-refractivity contribution in [1.29, 1.82) is 0 Å². The molecule has 1 aromatic carbocycles. The van der Waals surface area contributed by atoms with Crippen LogP contribution in [-0.4, -0.2) is 19.3 Å². The number of ether oxygens (including phenoxy) is 1. The van der Waals surface area contributed by atoms with Crippen molar-refractivity contribution in [3.8, 4) is 0 Å². The molecule has 1 aliphatic heterocycles. The van der Waals surface area contributed by atoms with Crippen molar-refractivity contribution in [2.24, 2.45) is 11.8 Å². The number of hydrazine groups is 1. The standard InChI is InChI=1S/C14H21ClN2O/c1-10-2-3-12(13(15)8-10)9-14(17-16)11-4-6-18-7-5-11/h2-3,8,11,14,17H,4-7,9,16H2,1H3. The van der Waals surface area contributed by atoms with Gasteiger partial charge in [-0.2, -0.15) is 0 Å². The number of rotatable bonds is 4. The Kier molecular flexibility index (Phi) is 5.01. The lowest BCUT2D eigenvalue weighted by molar-refractivity contribution is 0.0538. The van der Waals surface area contributed by atoms with E-state index in [4.69, 9.17) is 22.2 Å². The molecule has 0 amide bonds. The highest BCUT2D eigenvalue weighted by molar-refractivity contribution is 6.31. The Morgan fingerprint density at radius 2 is 2.17 bits per heavy atom. The molecule has 100 valence electrons. The van der Waals surface area contributed by atoms with Crippen molar-refractivity contribution in [3.05, 3.63) is 34.3 Å². The van der Waals surface area contributed by atoms with Crippen LogP contribution < -0.4 is 11.3 Å². The van der Waals surface area contributed by atoms with Crippen molar-refractivity contribution in [2.75, 3.05) is 13.2 Å². The molecule has 0 aromatic heterocycles.